The number of β-lactam (4-membered cyclic amide) rings is 1. The average Bonchev–Trinajstić information content (AvgIpc) is 3.09. The van der Waals surface area contributed by atoms with Gasteiger partial charge in [0.15, 0.2) is 0 Å². The number of carboxylic acids is 1. The van der Waals surface area contributed by atoms with Crippen molar-refractivity contribution >= 4 is 29.5 Å². The number of aliphatic carboxylic acids is 1. The normalized spacial score (nSPS) is 34.6. The number of likely N-dealkylation sites (N-methyl/N-ethyl adjacent to an activating group) is 1. The Bertz CT molecular complexity index is 677. The summed E-state index contributed by atoms with van der Waals surface area (Å²) < 4.78 is 0. The molecule has 9 heteroatoms. The van der Waals surface area contributed by atoms with Crippen molar-refractivity contribution < 1.29 is 24.6 Å². The third-order valence-corrected chi connectivity index (χ3v) is 6.95. The maximum absolute atomic E-state index is 12.3. The van der Waals surface area contributed by atoms with Crippen LogP contribution >= 0.6 is 11.8 Å². The van der Waals surface area contributed by atoms with Crippen LogP contribution < -0.4 is 5.32 Å². The lowest BCUT2D eigenvalue weighted by atomic mass is 9.79. The second kappa shape index (κ2) is 6.86. The lowest BCUT2D eigenvalue weighted by molar-refractivity contribution is -0.163. The average molecular weight is 383 g/mol. The molecule has 2 fully saturated rings. The van der Waals surface area contributed by atoms with Gasteiger partial charge in [-0.15, -0.1) is 11.8 Å². The number of amides is 2. The smallest absolute Gasteiger partial charge is 0.353 e. The van der Waals surface area contributed by atoms with Crippen LogP contribution in [0.25, 0.3) is 0 Å². The summed E-state index contributed by atoms with van der Waals surface area (Å²) in [5.74, 6) is -2.14. The summed E-state index contributed by atoms with van der Waals surface area (Å²) in [6.07, 6.45) is -0.190. The summed E-state index contributed by atoms with van der Waals surface area (Å²) in [6, 6.07) is -0.568. The Morgan fingerprint density at radius 2 is 2.04 bits per heavy atom. The number of rotatable bonds is 5. The van der Waals surface area contributed by atoms with E-state index in [1.54, 1.807) is 25.9 Å². The molecule has 3 N–H and O–H groups in total. The van der Waals surface area contributed by atoms with Crippen molar-refractivity contribution in [3.05, 3.63) is 10.6 Å². The molecule has 8 nitrogen and oxygen atoms in total. The second-order valence-corrected chi connectivity index (χ2v) is 8.78. The fourth-order valence-corrected chi connectivity index (χ4v) is 5.63. The van der Waals surface area contributed by atoms with Crippen molar-refractivity contribution in [3.8, 4) is 0 Å². The molecule has 3 aliphatic rings. The van der Waals surface area contributed by atoms with Gasteiger partial charge in [0.1, 0.15) is 5.70 Å². The molecule has 0 spiro atoms. The monoisotopic (exact) mass is 383 g/mol. The molecule has 0 bridgehead atoms. The van der Waals surface area contributed by atoms with Crippen molar-refractivity contribution in [3.63, 3.8) is 0 Å². The van der Waals surface area contributed by atoms with E-state index in [9.17, 15) is 24.6 Å². The lowest BCUT2D eigenvalue weighted by Gasteiger charge is -2.46. The lowest BCUT2D eigenvalue weighted by Crippen LogP contribution is -2.63. The Morgan fingerprint density at radius 3 is 2.58 bits per heavy atom. The number of aliphatic hydroxyl groups excluding tert-OH is 1. The molecule has 0 saturated carbocycles. The second-order valence-electron chi connectivity index (χ2n) is 7.44. The summed E-state index contributed by atoms with van der Waals surface area (Å²) in [4.78, 5) is 39.8. The number of thioether (sulfide) groups is 1. The van der Waals surface area contributed by atoms with Gasteiger partial charge in [-0.2, -0.15) is 0 Å². The molecule has 3 heterocycles. The zero-order valence-corrected chi connectivity index (χ0v) is 16.1. The van der Waals surface area contributed by atoms with Crippen LogP contribution in [0, 0.1) is 11.8 Å². The maximum atomic E-state index is 12.3. The van der Waals surface area contributed by atoms with E-state index >= 15 is 0 Å². The highest BCUT2D eigenvalue weighted by atomic mass is 32.2. The first kappa shape index (κ1) is 19.2. The van der Waals surface area contributed by atoms with E-state index in [1.807, 2.05) is 6.92 Å². The summed E-state index contributed by atoms with van der Waals surface area (Å²) in [7, 11) is 3.42. The van der Waals surface area contributed by atoms with E-state index in [2.05, 4.69) is 5.32 Å². The first-order chi connectivity index (χ1) is 12.1. The fourth-order valence-electron chi connectivity index (χ4n) is 4.15. The Morgan fingerprint density at radius 1 is 1.38 bits per heavy atom. The zero-order valence-electron chi connectivity index (χ0n) is 15.3. The van der Waals surface area contributed by atoms with Gasteiger partial charge in [0.05, 0.1) is 24.1 Å². The standard InChI is InChI=1S/C17H25N3O5S/c1-7-12-11(8(2)21)16(23)20(12)13(17(24)25)14(7)26-9-5-10(18-6-9)15(22)19(3)4/h7-12,18,21H,5-6H2,1-4H3,(H,24,25)/t7-,8-,9+,10?,11-,12?/m1/s1. The molecule has 144 valence electrons. The first-order valence-corrected chi connectivity index (χ1v) is 9.62. The van der Waals surface area contributed by atoms with Crippen LogP contribution in [-0.2, 0) is 14.4 Å². The molecule has 26 heavy (non-hydrogen) atoms. The number of aliphatic hydroxyl groups is 1. The molecule has 2 amide bonds. The molecular weight excluding hydrogens is 358 g/mol. The maximum Gasteiger partial charge on any atom is 0.353 e. The van der Waals surface area contributed by atoms with Gasteiger partial charge in [-0.25, -0.2) is 4.79 Å². The van der Waals surface area contributed by atoms with Crippen LogP contribution in [0.3, 0.4) is 0 Å². The first-order valence-electron chi connectivity index (χ1n) is 8.75. The number of hydrogen-bond acceptors (Lipinski definition) is 6. The van der Waals surface area contributed by atoms with Gasteiger partial charge in [0.25, 0.3) is 0 Å². The van der Waals surface area contributed by atoms with Gasteiger partial charge in [0, 0.05) is 36.7 Å². The van der Waals surface area contributed by atoms with Gasteiger partial charge in [-0.05, 0) is 13.3 Å². The van der Waals surface area contributed by atoms with Gasteiger partial charge >= 0.3 is 5.97 Å². The highest BCUT2D eigenvalue weighted by Gasteiger charge is 2.60. The minimum absolute atomic E-state index is 0.00757. The number of carbonyl (C=O) groups is 3. The third kappa shape index (κ3) is 2.91. The molecule has 0 radical (unpaired) electrons. The van der Waals surface area contributed by atoms with Gasteiger partial charge < -0.3 is 25.3 Å². The van der Waals surface area contributed by atoms with Crippen LogP contribution in [0.5, 0.6) is 0 Å². The third-order valence-electron chi connectivity index (χ3n) is 5.43. The topological polar surface area (TPSA) is 110 Å². The van der Waals surface area contributed by atoms with Crippen LogP contribution in [0.15, 0.2) is 10.6 Å². The largest absolute Gasteiger partial charge is 0.477 e. The van der Waals surface area contributed by atoms with Gasteiger partial charge in [-0.1, -0.05) is 6.92 Å². The van der Waals surface area contributed by atoms with Crippen LogP contribution in [0.4, 0.5) is 0 Å². The SMILES string of the molecule is C[C@H]1C(S[C@@H]2CNC(C(=O)N(C)C)C2)=C(C(=O)O)N2C(=O)[C@H]([C@@H](C)O)C12. The van der Waals surface area contributed by atoms with E-state index in [1.165, 1.54) is 16.7 Å². The molecule has 0 aromatic rings. The van der Waals surface area contributed by atoms with Crippen molar-refractivity contribution in [1.29, 1.82) is 0 Å². The van der Waals surface area contributed by atoms with E-state index in [-0.39, 0.29) is 40.8 Å². The molecule has 6 atom stereocenters. The molecule has 0 aliphatic carbocycles. The Kier molecular flexibility index (Phi) is 5.06. The van der Waals surface area contributed by atoms with Crippen molar-refractivity contribution in [2.75, 3.05) is 20.6 Å². The molecule has 0 aromatic heterocycles. The van der Waals surface area contributed by atoms with Crippen molar-refractivity contribution in [2.45, 2.75) is 43.7 Å². The number of fused-ring (bicyclic) bond motifs is 1. The Hall–Kier alpha value is -1.58. The highest BCUT2D eigenvalue weighted by molar-refractivity contribution is 8.03. The quantitative estimate of drug-likeness (QED) is 0.559. The van der Waals surface area contributed by atoms with Crippen LogP contribution in [0.2, 0.25) is 0 Å². The van der Waals surface area contributed by atoms with E-state index in [0.717, 1.165) is 0 Å². The minimum Gasteiger partial charge on any atom is -0.477 e. The Labute approximate surface area is 156 Å². The molecule has 0 aromatic carbocycles. The van der Waals surface area contributed by atoms with Crippen LogP contribution in [0.1, 0.15) is 20.3 Å². The van der Waals surface area contributed by atoms with Crippen molar-refractivity contribution in [1.82, 2.24) is 15.1 Å². The van der Waals surface area contributed by atoms with Crippen LogP contribution in [-0.4, -0.2) is 81.9 Å². The molecular formula is C17H25N3O5S. The minimum atomic E-state index is -1.12. The summed E-state index contributed by atoms with van der Waals surface area (Å²) in [5, 5.41) is 22.8. The number of hydrogen-bond donors (Lipinski definition) is 3. The van der Waals surface area contributed by atoms with E-state index < -0.39 is 18.0 Å². The van der Waals surface area contributed by atoms with Gasteiger partial charge in [-0.3, -0.25) is 9.59 Å². The predicted molar refractivity (Wildman–Crippen MR) is 96.1 cm³/mol. The summed E-state index contributed by atoms with van der Waals surface area (Å²) in [6.45, 7) is 4.08. The zero-order chi connectivity index (χ0) is 19.3. The summed E-state index contributed by atoms with van der Waals surface area (Å²) in [5.41, 5.74) is 0.0387. The Balaban J connectivity index is 1.78. The number of nitrogens with zero attached hydrogens (tertiary/aromatic N) is 2. The molecule has 3 aliphatic heterocycles. The molecule has 2 saturated heterocycles. The molecule has 3 rings (SSSR count). The molecule has 2 unspecified atom stereocenters. The number of carbonyl (C=O) groups excluding carboxylic acids is 2. The fraction of sp³-hybridized carbons (Fsp3) is 0.706. The summed E-state index contributed by atoms with van der Waals surface area (Å²) >= 11 is 1.45. The van der Waals surface area contributed by atoms with E-state index in [4.69, 9.17) is 0 Å². The number of carboxylic acid groups (broad SMARTS) is 1. The highest BCUT2D eigenvalue weighted by Crippen LogP contribution is 2.51. The number of nitrogens with one attached hydrogen (secondary N) is 1. The predicted octanol–water partition coefficient (Wildman–Crippen LogP) is -0.308. The van der Waals surface area contributed by atoms with E-state index in [0.29, 0.717) is 17.9 Å². The van der Waals surface area contributed by atoms with Gasteiger partial charge in [0.2, 0.25) is 11.8 Å². The van der Waals surface area contributed by atoms with Crippen molar-refractivity contribution in [2.24, 2.45) is 11.8 Å².